The monoisotopic (exact) mass is 208 g/mol. The first-order chi connectivity index (χ1) is 7.13. The van der Waals surface area contributed by atoms with Crippen LogP contribution in [-0.4, -0.2) is 39.9 Å². The molecule has 1 aromatic heterocycles. The van der Waals surface area contributed by atoms with Gasteiger partial charge in [0.25, 0.3) is 0 Å². The summed E-state index contributed by atoms with van der Waals surface area (Å²) in [6, 6.07) is 1.18. The third kappa shape index (κ3) is 2.79. The van der Waals surface area contributed by atoms with Crippen LogP contribution in [-0.2, 0) is 13.6 Å². The Bertz CT molecular complexity index is 310. The number of nitrogens with zero attached hydrogens (tertiary/aromatic N) is 3. The smallest absolute Gasteiger partial charge is 0.0534 e. The Kier molecular flexibility index (Phi) is 3.07. The molecule has 2 heterocycles. The fourth-order valence-electron chi connectivity index (χ4n) is 2.38. The summed E-state index contributed by atoms with van der Waals surface area (Å²) in [6.45, 7) is 7.75. The Labute approximate surface area is 91.3 Å². The highest BCUT2D eigenvalue weighted by Gasteiger charge is 2.20. The van der Waals surface area contributed by atoms with Crippen LogP contribution in [0.25, 0.3) is 0 Å². The zero-order valence-electron chi connectivity index (χ0n) is 9.77. The van der Waals surface area contributed by atoms with Crippen molar-refractivity contribution in [2.45, 2.75) is 32.5 Å². The predicted octanol–water partition coefficient (Wildman–Crippen LogP) is 0.602. The van der Waals surface area contributed by atoms with Crippen molar-refractivity contribution in [2.75, 3.05) is 13.1 Å². The van der Waals surface area contributed by atoms with Crippen LogP contribution in [0, 0.1) is 0 Å². The molecule has 4 heteroatoms. The number of aryl methyl sites for hydroxylation is 1. The van der Waals surface area contributed by atoms with Gasteiger partial charge in [0.15, 0.2) is 0 Å². The van der Waals surface area contributed by atoms with Gasteiger partial charge >= 0.3 is 0 Å². The molecule has 2 unspecified atom stereocenters. The summed E-state index contributed by atoms with van der Waals surface area (Å²) in [6.07, 6.45) is 4.05. The van der Waals surface area contributed by atoms with Crippen molar-refractivity contribution < 1.29 is 0 Å². The van der Waals surface area contributed by atoms with Gasteiger partial charge in [0.05, 0.1) is 6.20 Å². The highest BCUT2D eigenvalue weighted by atomic mass is 15.3. The van der Waals surface area contributed by atoms with Crippen molar-refractivity contribution in [2.24, 2.45) is 7.05 Å². The number of rotatable bonds is 2. The van der Waals surface area contributed by atoms with Crippen molar-refractivity contribution in [3.05, 3.63) is 18.0 Å². The minimum absolute atomic E-state index is 0.588. The Morgan fingerprint density at radius 1 is 1.40 bits per heavy atom. The molecule has 84 valence electrons. The Balaban J connectivity index is 1.94. The Morgan fingerprint density at radius 3 is 2.60 bits per heavy atom. The van der Waals surface area contributed by atoms with E-state index in [1.54, 1.807) is 0 Å². The van der Waals surface area contributed by atoms with Crippen molar-refractivity contribution in [1.29, 1.82) is 0 Å². The Hall–Kier alpha value is -0.870. The standard InChI is InChI=1S/C11H20N4/c1-9-5-15(6-10(2)13-9)8-11-4-12-14(3)7-11/h4,7,9-10,13H,5-6,8H2,1-3H3. The molecule has 2 atom stereocenters. The van der Waals surface area contributed by atoms with Crippen LogP contribution in [0.15, 0.2) is 12.4 Å². The topological polar surface area (TPSA) is 33.1 Å². The molecule has 1 aliphatic rings. The van der Waals surface area contributed by atoms with E-state index in [0.29, 0.717) is 12.1 Å². The molecule has 1 saturated heterocycles. The van der Waals surface area contributed by atoms with Crippen molar-refractivity contribution in [1.82, 2.24) is 20.0 Å². The number of aromatic nitrogens is 2. The summed E-state index contributed by atoms with van der Waals surface area (Å²) in [5, 5.41) is 7.73. The quantitative estimate of drug-likeness (QED) is 0.772. The average Bonchev–Trinajstić information content (AvgIpc) is 2.49. The minimum Gasteiger partial charge on any atom is -0.309 e. The maximum atomic E-state index is 4.19. The van der Waals surface area contributed by atoms with Gasteiger partial charge in [-0.2, -0.15) is 5.10 Å². The molecule has 0 saturated carbocycles. The Morgan fingerprint density at radius 2 is 2.07 bits per heavy atom. The largest absolute Gasteiger partial charge is 0.309 e. The normalized spacial score (nSPS) is 28.2. The fourth-order valence-corrected chi connectivity index (χ4v) is 2.38. The van der Waals surface area contributed by atoms with E-state index >= 15 is 0 Å². The maximum absolute atomic E-state index is 4.19. The molecule has 2 rings (SSSR count). The number of hydrogen-bond acceptors (Lipinski definition) is 3. The number of piperazine rings is 1. The molecular weight excluding hydrogens is 188 g/mol. The summed E-state index contributed by atoms with van der Waals surface area (Å²) in [5.41, 5.74) is 1.30. The lowest BCUT2D eigenvalue weighted by Gasteiger charge is -2.35. The summed E-state index contributed by atoms with van der Waals surface area (Å²) in [4.78, 5) is 2.49. The van der Waals surface area contributed by atoms with Crippen LogP contribution >= 0.6 is 0 Å². The van der Waals surface area contributed by atoms with E-state index in [9.17, 15) is 0 Å². The van der Waals surface area contributed by atoms with Crippen LogP contribution < -0.4 is 5.32 Å². The van der Waals surface area contributed by atoms with Crippen LogP contribution in [0.3, 0.4) is 0 Å². The van der Waals surface area contributed by atoms with Crippen molar-refractivity contribution in [3.8, 4) is 0 Å². The molecule has 0 spiro atoms. The maximum Gasteiger partial charge on any atom is 0.0534 e. The van der Waals surface area contributed by atoms with Gasteiger partial charge in [-0.05, 0) is 13.8 Å². The molecule has 0 amide bonds. The second-order valence-electron chi connectivity index (χ2n) is 4.69. The molecule has 1 N–H and O–H groups in total. The third-order valence-electron chi connectivity index (χ3n) is 2.80. The highest BCUT2D eigenvalue weighted by molar-refractivity contribution is 5.04. The van der Waals surface area contributed by atoms with Crippen LogP contribution in [0.1, 0.15) is 19.4 Å². The summed E-state index contributed by atoms with van der Waals surface area (Å²) >= 11 is 0. The highest BCUT2D eigenvalue weighted by Crippen LogP contribution is 2.09. The van der Waals surface area contributed by atoms with E-state index in [1.807, 2.05) is 17.9 Å². The van der Waals surface area contributed by atoms with E-state index < -0.39 is 0 Å². The summed E-state index contributed by atoms with van der Waals surface area (Å²) < 4.78 is 1.87. The van der Waals surface area contributed by atoms with Gasteiger partial charge in [-0.15, -0.1) is 0 Å². The lowest BCUT2D eigenvalue weighted by Crippen LogP contribution is -2.53. The average molecular weight is 208 g/mol. The predicted molar refractivity (Wildman–Crippen MR) is 60.5 cm³/mol. The summed E-state index contributed by atoms with van der Waals surface area (Å²) in [5.74, 6) is 0. The van der Waals surface area contributed by atoms with Gasteiger partial charge in [0, 0.05) is 50.5 Å². The van der Waals surface area contributed by atoms with Crippen molar-refractivity contribution >= 4 is 0 Å². The van der Waals surface area contributed by atoms with Gasteiger partial charge in [-0.25, -0.2) is 0 Å². The van der Waals surface area contributed by atoms with Gasteiger partial charge in [0.1, 0.15) is 0 Å². The molecule has 1 aliphatic heterocycles. The van der Waals surface area contributed by atoms with E-state index in [1.165, 1.54) is 5.56 Å². The number of nitrogens with one attached hydrogen (secondary N) is 1. The van der Waals surface area contributed by atoms with Gasteiger partial charge < -0.3 is 5.32 Å². The lowest BCUT2D eigenvalue weighted by atomic mass is 10.1. The van der Waals surface area contributed by atoms with Gasteiger partial charge in [-0.1, -0.05) is 0 Å². The molecule has 4 nitrogen and oxygen atoms in total. The zero-order valence-corrected chi connectivity index (χ0v) is 9.77. The third-order valence-corrected chi connectivity index (χ3v) is 2.80. The minimum atomic E-state index is 0.588. The fraction of sp³-hybridized carbons (Fsp3) is 0.727. The first kappa shape index (κ1) is 10.6. The van der Waals surface area contributed by atoms with Gasteiger partial charge in [0.2, 0.25) is 0 Å². The van der Waals surface area contributed by atoms with Crippen LogP contribution in [0.2, 0.25) is 0 Å². The van der Waals surface area contributed by atoms with E-state index in [0.717, 1.165) is 19.6 Å². The summed E-state index contributed by atoms with van der Waals surface area (Å²) in [7, 11) is 1.96. The molecule has 1 aromatic rings. The van der Waals surface area contributed by atoms with Crippen LogP contribution in [0.4, 0.5) is 0 Å². The van der Waals surface area contributed by atoms with E-state index in [-0.39, 0.29) is 0 Å². The molecule has 0 aromatic carbocycles. The molecular formula is C11H20N4. The second-order valence-corrected chi connectivity index (χ2v) is 4.69. The van der Waals surface area contributed by atoms with E-state index in [4.69, 9.17) is 0 Å². The first-order valence-corrected chi connectivity index (χ1v) is 5.59. The molecule has 0 bridgehead atoms. The molecule has 0 aliphatic carbocycles. The zero-order chi connectivity index (χ0) is 10.8. The van der Waals surface area contributed by atoms with Crippen molar-refractivity contribution in [3.63, 3.8) is 0 Å². The lowest BCUT2D eigenvalue weighted by molar-refractivity contribution is 0.166. The number of hydrogen-bond donors (Lipinski definition) is 1. The second kappa shape index (κ2) is 4.33. The van der Waals surface area contributed by atoms with E-state index in [2.05, 4.69) is 35.4 Å². The molecule has 15 heavy (non-hydrogen) atoms. The van der Waals surface area contributed by atoms with Crippen LogP contribution in [0.5, 0.6) is 0 Å². The molecule has 0 radical (unpaired) electrons. The SMILES string of the molecule is CC1CN(Cc2cnn(C)c2)CC(C)N1. The van der Waals surface area contributed by atoms with Gasteiger partial charge in [-0.3, -0.25) is 9.58 Å². The first-order valence-electron chi connectivity index (χ1n) is 5.59. The molecule has 1 fully saturated rings.